The number of rotatable bonds is 6. The number of para-hydroxylation sites is 1. The third kappa shape index (κ3) is 4.34. The highest BCUT2D eigenvalue weighted by Gasteiger charge is 2.21. The minimum atomic E-state index is 0.632. The number of carbonyl (C=O) groups is 1. The Labute approximate surface area is 121 Å². The highest BCUT2D eigenvalue weighted by Crippen LogP contribution is 2.21. The standard InChI is InChI=1S/C17H25NO2/c1-14-10-15(2)12-18(11-14)8-5-9-20-17-7-4-3-6-16(17)13-19/h3-4,6-7,13-15H,5,8-12H2,1-2H3/t14-,15-/m0/s1. The van der Waals surface area contributed by atoms with Crippen molar-refractivity contribution in [3.63, 3.8) is 0 Å². The molecule has 0 radical (unpaired) electrons. The van der Waals surface area contributed by atoms with Gasteiger partial charge < -0.3 is 9.64 Å². The molecule has 2 rings (SSSR count). The van der Waals surface area contributed by atoms with Crippen molar-refractivity contribution < 1.29 is 9.53 Å². The fourth-order valence-corrected chi connectivity index (χ4v) is 3.15. The van der Waals surface area contributed by atoms with Crippen molar-refractivity contribution in [3.05, 3.63) is 29.8 Å². The summed E-state index contributed by atoms with van der Waals surface area (Å²) in [5.74, 6) is 2.30. The van der Waals surface area contributed by atoms with Crippen molar-refractivity contribution >= 4 is 6.29 Å². The molecule has 110 valence electrons. The van der Waals surface area contributed by atoms with Crippen LogP contribution in [0.25, 0.3) is 0 Å². The van der Waals surface area contributed by atoms with Gasteiger partial charge in [0.15, 0.2) is 6.29 Å². The van der Waals surface area contributed by atoms with E-state index in [0.29, 0.717) is 17.9 Å². The van der Waals surface area contributed by atoms with Crippen LogP contribution in [0.2, 0.25) is 0 Å². The van der Waals surface area contributed by atoms with E-state index >= 15 is 0 Å². The molecule has 0 aliphatic carbocycles. The molecule has 3 nitrogen and oxygen atoms in total. The van der Waals surface area contributed by atoms with Crippen molar-refractivity contribution in [2.75, 3.05) is 26.2 Å². The average molecular weight is 275 g/mol. The molecule has 0 aromatic heterocycles. The van der Waals surface area contributed by atoms with Gasteiger partial charge in [0, 0.05) is 19.6 Å². The summed E-state index contributed by atoms with van der Waals surface area (Å²) in [4.78, 5) is 13.4. The van der Waals surface area contributed by atoms with E-state index in [2.05, 4.69) is 18.7 Å². The second-order valence-electron chi connectivity index (χ2n) is 6.06. The lowest BCUT2D eigenvalue weighted by Gasteiger charge is -2.34. The van der Waals surface area contributed by atoms with Crippen molar-refractivity contribution in [1.29, 1.82) is 0 Å². The van der Waals surface area contributed by atoms with Crippen LogP contribution in [0.15, 0.2) is 24.3 Å². The zero-order chi connectivity index (χ0) is 14.4. The molecule has 1 aliphatic heterocycles. The Morgan fingerprint density at radius 2 is 1.95 bits per heavy atom. The van der Waals surface area contributed by atoms with Crippen LogP contribution in [0, 0.1) is 11.8 Å². The maximum atomic E-state index is 10.9. The Bertz CT molecular complexity index is 423. The first-order valence-electron chi connectivity index (χ1n) is 7.58. The number of ether oxygens (including phenoxy) is 1. The van der Waals surface area contributed by atoms with Gasteiger partial charge in [0.1, 0.15) is 5.75 Å². The molecular weight excluding hydrogens is 250 g/mol. The SMILES string of the molecule is C[C@H]1C[C@H](C)CN(CCCOc2ccccc2C=O)C1. The second kappa shape index (κ2) is 7.44. The van der Waals surface area contributed by atoms with Gasteiger partial charge in [-0.3, -0.25) is 4.79 Å². The summed E-state index contributed by atoms with van der Waals surface area (Å²) < 4.78 is 5.71. The number of likely N-dealkylation sites (tertiary alicyclic amines) is 1. The van der Waals surface area contributed by atoms with E-state index in [0.717, 1.165) is 31.1 Å². The van der Waals surface area contributed by atoms with Crippen LogP contribution in [0.3, 0.4) is 0 Å². The Morgan fingerprint density at radius 1 is 1.25 bits per heavy atom. The molecule has 0 amide bonds. The smallest absolute Gasteiger partial charge is 0.153 e. The van der Waals surface area contributed by atoms with E-state index < -0.39 is 0 Å². The number of nitrogens with zero attached hydrogens (tertiary/aromatic N) is 1. The van der Waals surface area contributed by atoms with Gasteiger partial charge >= 0.3 is 0 Å². The van der Waals surface area contributed by atoms with Crippen LogP contribution in [-0.2, 0) is 0 Å². The molecule has 1 aliphatic rings. The molecule has 0 N–H and O–H groups in total. The normalized spacial score (nSPS) is 23.5. The lowest BCUT2D eigenvalue weighted by molar-refractivity contribution is 0.111. The zero-order valence-corrected chi connectivity index (χ0v) is 12.5. The van der Waals surface area contributed by atoms with Crippen LogP contribution in [0.1, 0.15) is 37.0 Å². The van der Waals surface area contributed by atoms with Gasteiger partial charge in [-0.2, -0.15) is 0 Å². The van der Waals surface area contributed by atoms with Crippen LogP contribution in [0.4, 0.5) is 0 Å². The molecule has 3 heteroatoms. The Morgan fingerprint density at radius 3 is 2.65 bits per heavy atom. The topological polar surface area (TPSA) is 29.5 Å². The Kier molecular flexibility index (Phi) is 5.60. The van der Waals surface area contributed by atoms with Crippen LogP contribution in [0.5, 0.6) is 5.75 Å². The second-order valence-corrected chi connectivity index (χ2v) is 6.06. The summed E-state index contributed by atoms with van der Waals surface area (Å²) in [5.41, 5.74) is 0.632. The first-order valence-corrected chi connectivity index (χ1v) is 7.58. The fourth-order valence-electron chi connectivity index (χ4n) is 3.15. The number of aldehydes is 1. The summed E-state index contributed by atoms with van der Waals surface area (Å²) in [6, 6.07) is 7.40. The molecule has 2 atom stereocenters. The van der Waals surface area contributed by atoms with Crippen molar-refractivity contribution in [3.8, 4) is 5.75 Å². The number of piperidine rings is 1. The highest BCUT2D eigenvalue weighted by molar-refractivity contribution is 5.79. The van der Waals surface area contributed by atoms with Gasteiger partial charge in [0.25, 0.3) is 0 Å². The number of hydrogen-bond acceptors (Lipinski definition) is 3. The van der Waals surface area contributed by atoms with Gasteiger partial charge in [0.2, 0.25) is 0 Å². The third-order valence-corrected chi connectivity index (χ3v) is 3.87. The quantitative estimate of drug-likeness (QED) is 0.589. The van der Waals surface area contributed by atoms with Gasteiger partial charge in [-0.05, 0) is 36.8 Å². The van der Waals surface area contributed by atoms with E-state index in [1.165, 1.54) is 19.5 Å². The monoisotopic (exact) mass is 275 g/mol. The summed E-state index contributed by atoms with van der Waals surface area (Å²) in [5, 5.41) is 0. The first-order chi connectivity index (χ1) is 9.69. The molecule has 1 heterocycles. The van der Waals surface area contributed by atoms with Crippen LogP contribution < -0.4 is 4.74 Å². The van der Waals surface area contributed by atoms with E-state index in [9.17, 15) is 4.79 Å². The maximum absolute atomic E-state index is 10.9. The molecule has 1 aromatic carbocycles. The van der Waals surface area contributed by atoms with Crippen LogP contribution >= 0.6 is 0 Å². The van der Waals surface area contributed by atoms with E-state index in [1.54, 1.807) is 6.07 Å². The molecule has 1 saturated heterocycles. The Hall–Kier alpha value is -1.35. The predicted molar refractivity (Wildman–Crippen MR) is 81.3 cm³/mol. The van der Waals surface area contributed by atoms with Gasteiger partial charge in [0.05, 0.1) is 12.2 Å². The first kappa shape index (κ1) is 15.0. The molecule has 20 heavy (non-hydrogen) atoms. The lowest BCUT2D eigenvalue weighted by atomic mass is 9.92. The molecule has 1 aromatic rings. The van der Waals surface area contributed by atoms with Crippen LogP contribution in [-0.4, -0.2) is 37.4 Å². The fraction of sp³-hybridized carbons (Fsp3) is 0.588. The molecular formula is C17H25NO2. The molecule has 0 unspecified atom stereocenters. The lowest BCUT2D eigenvalue weighted by Crippen LogP contribution is -2.39. The molecule has 0 bridgehead atoms. The summed E-state index contributed by atoms with van der Waals surface area (Å²) in [6.45, 7) is 8.82. The van der Waals surface area contributed by atoms with E-state index in [4.69, 9.17) is 4.74 Å². The third-order valence-electron chi connectivity index (χ3n) is 3.87. The summed E-state index contributed by atoms with van der Waals surface area (Å²) >= 11 is 0. The van der Waals surface area contributed by atoms with Gasteiger partial charge in [-0.15, -0.1) is 0 Å². The number of benzene rings is 1. The van der Waals surface area contributed by atoms with Gasteiger partial charge in [-0.1, -0.05) is 26.0 Å². The number of carbonyl (C=O) groups excluding carboxylic acids is 1. The minimum absolute atomic E-state index is 0.632. The van der Waals surface area contributed by atoms with E-state index in [-0.39, 0.29) is 0 Å². The average Bonchev–Trinajstić information content (AvgIpc) is 2.43. The minimum Gasteiger partial charge on any atom is -0.493 e. The van der Waals surface area contributed by atoms with Gasteiger partial charge in [-0.25, -0.2) is 0 Å². The maximum Gasteiger partial charge on any atom is 0.153 e. The number of hydrogen-bond donors (Lipinski definition) is 0. The highest BCUT2D eigenvalue weighted by atomic mass is 16.5. The molecule has 1 fully saturated rings. The summed E-state index contributed by atoms with van der Waals surface area (Å²) in [6.07, 6.45) is 3.20. The largest absolute Gasteiger partial charge is 0.493 e. The van der Waals surface area contributed by atoms with Crippen molar-refractivity contribution in [1.82, 2.24) is 4.90 Å². The molecule has 0 saturated carbocycles. The zero-order valence-electron chi connectivity index (χ0n) is 12.5. The van der Waals surface area contributed by atoms with E-state index in [1.807, 2.05) is 18.2 Å². The summed E-state index contributed by atoms with van der Waals surface area (Å²) in [7, 11) is 0. The predicted octanol–water partition coefficient (Wildman–Crippen LogP) is 3.25. The Balaban J connectivity index is 1.72. The molecule has 0 spiro atoms. The van der Waals surface area contributed by atoms with Crippen molar-refractivity contribution in [2.45, 2.75) is 26.7 Å². The van der Waals surface area contributed by atoms with Crippen molar-refractivity contribution in [2.24, 2.45) is 11.8 Å².